The molecule has 0 unspecified atom stereocenters. The Bertz CT molecular complexity index is 808. The van der Waals surface area contributed by atoms with E-state index in [1.807, 2.05) is 6.07 Å². The van der Waals surface area contributed by atoms with E-state index in [0.29, 0.717) is 5.69 Å². The standard InChI is InChI=1S/C15H14Br2N2O3S/c1-10(15(20)18-13-4-2-3-12(17)9-13)19-23(21,22)14-7-5-11(16)6-8-14/h2-10,19H,1H3,(H,18,20)/t10-/m0/s1. The molecule has 0 spiro atoms. The number of carbonyl (C=O) groups excluding carboxylic acids is 1. The number of carbonyl (C=O) groups is 1. The molecule has 0 saturated heterocycles. The van der Waals surface area contributed by atoms with Gasteiger partial charge in [-0.1, -0.05) is 37.9 Å². The number of hydrogen-bond acceptors (Lipinski definition) is 3. The van der Waals surface area contributed by atoms with Gasteiger partial charge in [-0.2, -0.15) is 4.72 Å². The monoisotopic (exact) mass is 460 g/mol. The molecule has 0 aromatic heterocycles. The second kappa shape index (κ2) is 7.57. The van der Waals surface area contributed by atoms with Crippen molar-refractivity contribution in [3.05, 3.63) is 57.5 Å². The maximum atomic E-state index is 12.3. The second-order valence-corrected chi connectivity index (χ2v) is 8.34. The molecule has 0 fully saturated rings. The molecular formula is C15H14Br2N2O3S. The minimum Gasteiger partial charge on any atom is -0.325 e. The third-order valence-corrected chi connectivity index (χ3v) is 5.52. The number of nitrogens with one attached hydrogen (secondary N) is 2. The number of amides is 1. The van der Waals surface area contributed by atoms with Gasteiger partial charge in [0.05, 0.1) is 10.9 Å². The fraction of sp³-hybridized carbons (Fsp3) is 0.133. The smallest absolute Gasteiger partial charge is 0.242 e. The van der Waals surface area contributed by atoms with Crippen LogP contribution in [0.25, 0.3) is 0 Å². The Morgan fingerprint density at radius 3 is 2.30 bits per heavy atom. The summed E-state index contributed by atoms with van der Waals surface area (Å²) in [5.74, 6) is -0.441. The topological polar surface area (TPSA) is 75.3 Å². The molecule has 1 atom stereocenters. The first-order valence-electron chi connectivity index (χ1n) is 6.62. The Kier molecular flexibility index (Phi) is 5.96. The first kappa shape index (κ1) is 18.1. The van der Waals surface area contributed by atoms with Crippen LogP contribution in [0.4, 0.5) is 5.69 Å². The summed E-state index contributed by atoms with van der Waals surface area (Å²) in [6.07, 6.45) is 0. The summed E-state index contributed by atoms with van der Waals surface area (Å²) >= 11 is 6.55. The average molecular weight is 462 g/mol. The predicted molar refractivity (Wildman–Crippen MR) is 96.7 cm³/mol. The molecule has 0 aliphatic carbocycles. The van der Waals surface area contributed by atoms with Crippen molar-refractivity contribution in [3.8, 4) is 0 Å². The Balaban J connectivity index is 2.06. The van der Waals surface area contributed by atoms with Crippen molar-refractivity contribution < 1.29 is 13.2 Å². The number of rotatable bonds is 5. The van der Waals surface area contributed by atoms with Gasteiger partial charge in [-0.25, -0.2) is 8.42 Å². The highest BCUT2D eigenvalue weighted by Crippen LogP contribution is 2.17. The van der Waals surface area contributed by atoms with Crippen molar-refractivity contribution in [2.75, 3.05) is 5.32 Å². The van der Waals surface area contributed by atoms with Crippen LogP contribution in [0, 0.1) is 0 Å². The van der Waals surface area contributed by atoms with Crippen molar-refractivity contribution in [2.45, 2.75) is 17.9 Å². The molecule has 8 heteroatoms. The molecule has 2 rings (SSSR count). The fourth-order valence-electron chi connectivity index (χ4n) is 1.78. The molecule has 0 aliphatic rings. The van der Waals surface area contributed by atoms with Crippen molar-refractivity contribution in [1.82, 2.24) is 4.72 Å². The summed E-state index contributed by atoms with van der Waals surface area (Å²) in [6.45, 7) is 1.49. The van der Waals surface area contributed by atoms with Crippen LogP contribution in [0.1, 0.15) is 6.92 Å². The van der Waals surface area contributed by atoms with Crippen molar-refractivity contribution in [3.63, 3.8) is 0 Å². The Morgan fingerprint density at radius 2 is 1.70 bits per heavy atom. The zero-order valence-corrected chi connectivity index (χ0v) is 16.1. The van der Waals surface area contributed by atoms with Gasteiger partial charge in [-0.15, -0.1) is 0 Å². The lowest BCUT2D eigenvalue weighted by atomic mass is 10.3. The van der Waals surface area contributed by atoms with E-state index >= 15 is 0 Å². The number of hydrogen-bond donors (Lipinski definition) is 2. The highest BCUT2D eigenvalue weighted by molar-refractivity contribution is 9.10. The molecule has 2 aromatic rings. The number of halogens is 2. The van der Waals surface area contributed by atoms with Crippen LogP contribution in [-0.4, -0.2) is 20.4 Å². The third-order valence-electron chi connectivity index (χ3n) is 2.94. The van der Waals surface area contributed by atoms with E-state index in [4.69, 9.17) is 0 Å². The average Bonchev–Trinajstić information content (AvgIpc) is 2.47. The largest absolute Gasteiger partial charge is 0.325 e. The quantitative estimate of drug-likeness (QED) is 0.715. The second-order valence-electron chi connectivity index (χ2n) is 4.80. The minimum atomic E-state index is -3.76. The summed E-state index contributed by atoms with van der Waals surface area (Å²) in [7, 11) is -3.76. The van der Waals surface area contributed by atoms with Gasteiger partial charge in [-0.3, -0.25) is 4.79 Å². The molecular weight excluding hydrogens is 448 g/mol. The molecule has 1 amide bonds. The first-order valence-corrected chi connectivity index (χ1v) is 9.69. The van der Waals surface area contributed by atoms with Crippen LogP contribution in [0.5, 0.6) is 0 Å². The molecule has 0 saturated carbocycles. The van der Waals surface area contributed by atoms with E-state index in [1.165, 1.54) is 19.1 Å². The molecule has 5 nitrogen and oxygen atoms in total. The van der Waals surface area contributed by atoms with Crippen LogP contribution in [0.2, 0.25) is 0 Å². The van der Waals surface area contributed by atoms with Crippen LogP contribution in [0.15, 0.2) is 62.4 Å². The van der Waals surface area contributed by atoms with Gasteiger partial charge in [0.1, 0.15) is 0 Å². The maximum Gasteiger partial charge on any atom is 0.242 e. The van der Waals surface area contributed by atoms with Crippen LogP contribution in [-0.2, 0) is 14.8 Å². The molecule has 0 aliphatic heterocycles. The SMILES string of the molecule is C[C@H](NS(=O)(=O)c1ccc(Br)cc1)C(=O)Nc1cccc(Br)c1. The fourth-order valence-corrected chi connectivity index (χ4v) is 3.65. The van der Waals surface area contributed by atoms with E-state index in [1.54, 1.807) is 30.3 Å². The minimum absolute atomic E-state index is 0.0998. The highest BCUT2D eigenvalue weighted by Gasteiger charge is 2.22. The van der Waals surface area contributed by atoms with Gasteiger partial charge in [0.15, 0.2) is 0 Å². The summed E-state index contributed by atoms with van der Waals surface area (Å²) in [6, 6.07) is 12.3. The van der Waals surface area contributed by atoms with Crippen LogP contribution >= 0.6 is 31.9 Å². The summed E-state index contributed by atoms with van der Waals surface area (Å²) in [5.41, 5.74) is 0.582. The third kappa shape index (κ3) is 5.13. The van der Waals surface area contributed by atoms with E-state index in [2.05, 4.69) is 41.9 Å². The molecule has 2 aromatic carbocycles. The number of benzene rings is 2. The van der Waals surface area contributed by atoms with Gasteiger partial charge in [0.2, 0.25) is 15.9 Å². The highest BCUT2D eigenvalue weighted by atomic mass is 79.9. The lowest BCUT2D eigenvalue weighted by Gasteiger charge is -2.14. The number of anilines is 1. The van der Waals surface area contributed by atoms with Crippen molar-refractivity contribution in [2.24, 2.45) is 0 Å². The zero-order valence-electron chi connectivity index (χ0n) is 12.1. The predicted octanol–water partition coefficient (Wildman–Crippen LogP) is 3.52. The molecule has 23 heavy (non-hydrogen) atoms. The van der Waals surface area contributed by atoms with E-state index in [0.717, 1.165) is 8.95 Å². The normalized spacial score (nSPS) is 12.7. The summed E-state index contributed by atoms with van der Waals surface area (Å²) in [5, 5.41) is 2.66. The van der Waals surface area contributed by atoms with Crippen molar-refractivity contribution in [1.29, 1.82) is 0 Å². The molecule has 122 valence electrons. The zero-order chi connectivity index (χ0) is 17.0. The lowest BCUT2D eigenvalue weighted by molar-refractivity contribution is -0.117. The van der Waals surface area contributed by atoms with Gasteiger partial charge in [0.25, 0.3) is 0 Å². The summed E-state index contributed by atoms with van der Waals surface area (Å²) < 4.78 is 28.5. The van der Waals surface area contributed by atoms with Crippen LogP contribution in [0.3, 0.4) is 0 Å². The number of sulfonamides is 1. The van der Waals surface area contributed by atoms with E-state index < -0.39 is 22.0 Å². The Hall–Kier alpha value is -1.22. The maximum absolute atomic E-state index is 12.3. The van der Waals surface area contributed by atoms with E-state index in [-0.39, 0.29) is 4.90 Å². The molecule has 0 bridgehead atoms. The van der Waals surface area contributed by atoms with Gasteiger partial charge >= 0.3 is 0 Å². The van der Waals surface area contributed by atoms with Gasteiger partial charge in [0, 0.05) is 14.6 Å². The molecule has 0 radical (unpaired) electrons. The van der Waals surface area contributed by atoms with Gasteiger partial charge in [-0.05, 0) is 49.4 Å². The van der Waals surface area contributed by atoms with E-state index in [9.17, 15) is 13.2 Å². The molecule has 2 N–H and O–H groups in total. The Morgan fingerprint density at radius 1 is 1.04 bits per heavy atom. The first-order chi connectivity index (χ1) is 10.8. The Labute approximate surface area is 151 Å². The van der Waals surface area contributed by atoms with Crippen molar-refractivity contribution >= 4 is 53.5 Å². The molecule has 0 heterocycles. The summed E-state index contributed by atoms with van der Waals surface area (Å²) in [4.78, 5) is 12.2. The van der Waals surface area contributed by atoms with Gasteiger partial charge < -0.3 is 5.32 Å². The van der Waals surface area contributed by atoms with Crippen LogP contribution < -0.4 is 10.0 Å². The lowest BCUT2D eigenvalue weighted by Crippen LogP contribution is -2.41.